The smallest absolute Gasteiger partial charge is 0.387 e. The summed E-state index contributed by atoms with van der Waals surface area (Å²) >= 11 is 0. The van der Waals surface area contributed by atoms with Crippen molar-refractivity contribution in [3.63, 3.8) is 0 Å². The zero-order chi connectivity index (χ0) is 12.1. The molecule has 0 radical (unpaired) electrons. The van der Waals surface area contributed by atoms with Crippen LogP contribution in [0.1, 0.15) is 10.4 Å². The Morgan fingerprint density at radius 2 is 2.00 bits per heavy atom. The molecule has 88 valence electrons. The molecular weight excluding hydrogens is 222 g/mol. The SMILES string of the molecule is COC(=O)c1cccc(OC)c1OC(F)F. The van der Waals surface area contributed by atoms with E-state index in [1.165, 1.54) is 25.3 Å². The van der Waals surface area contributed by atoms with Crippen LogP contribution >= 0.6 is 0 Å². The number of carbonyl (C=O) groups is 1. The van der Waals surface area contributed by atoms with Gasteiger partial charge in [0.2, 0.25) is 0 Å². The minimum absolute atomic E-state index is 0.0446. The van der Waals surface area contributed by atoms with Crippen molar-refractivity contribution in [2.75, 3.05) is 14.2 Å². The number of methoxy groups -OCH3 is 2. The van der Waals surface area contributed by atoms with Crippen LogP contribution in [0.15, 0.2) is 18.2 Å². The molecule has 6 heteroatoms. The third kappa shape index (κ3) is 2.59. The summed E-state index contributed by atoms with van der Waals surface area (Å²) in [6.07, 6.45) is 0. The van der Waals surface area contributed by atoms with Gasteiger partial charge in [-0.25, -0.2) is 4.79 Å². The van der Waals surface area contributed by atoms with Crippen molar-refractivity contribution < 1.29 is 27.8 Å². The normalized spacial score (nSPS) is 10.1. The molecule has 0 amide bonds. The largest absolute Gasteiger partial charge is 0.493 e. The van der Waals surface area contributed by atoms with Gasteiger partial charge in [0.1, 0.15) is 5.56 Å². The fourth-order valence-corrected chi connectivity index (χ4v) is 1.16. The number of ether oxygens (including phenoxy) is 3. The zero-order valence-corrected chi connectivity index (χ0v) is 8.70. The molecule has 1 aromatic rings. The molecular formula is C10H10F2O4. The van der Waals surface area contributed by atoms with E-state index in [-0.39, 0.29) is 17.1 Å². The lowest BCUT2D eigenvalue weighted by Crippen LogP contribution is -2.10. The highest BCUT2D eigenvalue weighted by molar-refractivity contribution is 5.93. The number of hydrogen-bond acceptors (Lipinski definition) is 4. The highest BCUT2D eigenvalue weighted by Gasteiger charge is 2.20. The first-order chi connectivity index (χ1) is 7.60. The van der Waals surface area contributed by atoms with Crippen molar-refractivity contribution in [3.05, 3.63) is 23.8 Å². The van der Waals surface area contributed by atoms with Gasteiger partial charge in [0, 0.05) is 0 Å². The van der Waals surface area contributed by atoms with E-state index >= 15 is 0 Å². The first-order valence-corrected chi connectivity index (χ1v) is 4.30. The Morgan fingerprint density at radius 1 is 1.31 bits per heavy atom. The molecule has 0 bridgehead atoms. The molecule has 1 aromatic carbocycles. The second kappa shape index (κ2) is 5.29. The first kappa shape index (κ1) is 12.2. The van der Waals surface area contributed by atoms with Gasteiger partial charge in [-0.3, -0.25) is 0 Å². The van der Waals surface area contributed by atoms with Gasteiger partial charge in [0.15, 0.2) is 11.5 Å². The number of benzene rings is 1. The standard InChI is InChI=1S/C10H10F2O4/c1-14-7-5-3-4-6(9(13)15-2)8(7)16-10(11)12/h3-5,10H,1-2H3. The van der Waals surface area contributed by atoms with Crippen LogP contribution in [0.2, 0.25) is 0 Å². The molecule has 4 nitrogen and oxygen atoms in total. The Morgan fingerprint density at radius 3 is 2.50 bits per heavy atom. The average molecular weight is 232 g/mol. The Kier molecular flexibility index (Phi) is 4.04. The molecule has 0 heterocycles. The number of rotatable bonds is 4. The lowest BCUT2D eigenvalue weighted by molar-refractivity contribution is -0.0517. The number of esters is 1. The first-order valence-electron chi connectivity index (χ1n) is 4.30. The van der Waals surface area contributed by atoms with E-state index in [9.17, 15) is 13.6 Å². The Labute approximate surface area is 90.7 Å². The van der Waals surface area contributed by atoms with Crippen LogP contribution in [0.3, 0.4) is 0 Å². The van der Waals surface area contributed by atoms with Crippen LogP contribution in [0.25, 0.3) is 0 Å². The Balaban J connectivity index is 3.20. The van der Waals surface area contributed by atoms with E-state index in [2.05, 4.69) is 9.47 Å². The number of para-hydroxylation sites is 1. The van der Waals surface area contributed by atoms with Gasteiger partial charge >= 0.3 is 12.6 Å². The molecule has 16 heavy (non-hydrogen) atoms. The molecule has 0 aliphatic heterocycles. The van der Waals surface area contributed by atoms with Crippen LogP contribution < -0.4 is 9.47 Å². The van der Waals surface area contributed by atoms with Crippen molar-refractivity contribution in [1.82, 2.24) is 0 Å². The maximum atomic E-state index is 12.2. The van der Waals surface area contributed by atoms with Crippen LogP contribution in [0, 0.1) is 0 Å². The highest BCUT2D eigenvalue weighted by Crippen LogP contribution is 2.32. The summed E-state index contributed by atoms with van der Waals surface area (Å²) in [5.74, 6) is -1.05. The summed E-state index contributed by atoms with van der Waals surface area (Å²) in [6, 6.07) is 4.19. The van der Waals surface area contributed by atoms with Gasteiger partial charge in [-0.15, -0.1) is 0 Å². The molecule has 0 aliphatic rings. The molecule has 0 spiro atoms. The minimum Gasteiger partial charge on any atom is -0.493 e. The van der Waals surface area contributed by atoms with Crippen molar-refractivity contribution in [3.8, 4) is 11.5 Å². The van der Waals surface area contributed by atoms with Crippen molar-refractivity contribution in [2.45, 2.75) is 6.61 Å². The fourth-order valence-electron chi connectivity index (χ4n) is 1.16. The van der Waals surface area contributed by atoms with E-state index in [1.54, 1.807) is 0 Å². The monoisotopic (exact) mass is 232 g/mol. The second-order valence-electron chi connectivity index (χ2n) is 2.71. The maximum absolute atomic E-state index is 12.2. The lowest BCUT2D eigenvalue weighted by atomic mass is 10.2. The number of alkyl halides is 2. The third-order valence-electron chi connectivity index (χ3n) is 1.81. The minimum atomic E-state index is -3.04. The predicted molar refractivity (Wildman–Crippen MR) is 51.0 cm³/mol. The van der Waals surface area contributed by atoms with Crippen LogP contribution in [-0.2, 0) is 4.74 Å². The van der Waals surface area contributed by atoms with E-state index in [0.29, 0.717) is 0 Å². The summed E-state index contributed by atoms with van der Waals surface area (Å²) in [4.78, 5) is 11.3. The summed E-state index contributed by atoms with van der Waals surface area (Å²) < 4.78 is 37.8. The van der Waals surface area contributed by atoms with Gasteiger partial charge in [0.25, 0.3) is 0 Å². The molecule has 0 saturated carbocycles. The zero-order valence-electron chi connectivity index (χ0n) is 8.70. The molecule has 0 saturated heterocycles. The number of carbonyl (C=O) groups excluding carboxylic acids is 1. The fraction of sp³-hybridized carbons (Fsp3) is 0.300. The number of halogens is 2. The van der Waals surface area contributed by atoms with E-state index in [4.69, 9.17) is 4.74 Å². The highest BCUT2D eigenvalue weighted by atomic mass is 19.3. The van der Waals surface area contributed by atoms with Crippen molar-refractivity contribution in [1.29, 1.82) is 0 Å². The van der Waals surface area contributed by atoms with Crippen LogP contribution in [-0.4, -0.2) is 26.8 Å². The summed E-state index contributed by atoms with van der Waals surface area (Å²) in [6.45, 7) is -3.04. The predicted octanol–water partition coefficient (Wildman–Crippen LogP) is 2.08. The molecule has 0 N–H and O–H groups in total. The number of hydrogen-bond donors (Lipinski definition) is 0. The van der Waals surface area contributed by atoms with Crippen molar-refractivity contribution in [2.24, 2.45) is 0 Å². The van der Waals surface area contributed by atoms with E-state index in [0.717, 1.165) is 7.11 Å². The molecule has 0 fully saturated rings. The average Bonchev–Trinajstić information content (AvgIpc) is 2.27. The Hall–Kier alpha value is -1.85. The molecule has 0 aromatic heterocycles. The third-order valence-corrected chi connectivity index (χ3v) is 1.81. The lowest BCUT2D eigenvalue weighted by Gasteiger charge is -2.12. The quantitative estimate of drug-likeness (QED) is 0.745. The van der Waals surface area contributed by atoms with E-state index in [1.807, 2.05) is 0 Å². The van der Waals surface area contributed by atoms with Crippen LogP contribution in [0.5, 0.6) is 11.5 Å². The molecule has 1 rings (SSSR count). The summed E-state index contributed by atoms with van der Waals surface area (Å²) in [5, 5.41) is 0. The second-order valence-corrected chi connectivity index (χ2v) is 2.71. The van der Waals surface area contributed by atoms with Crippen LogP contribution in [0.4, 0.5) is 8.78 Å². The van der Waals surface area contributed by atoms with E-state index < -0.39 is 12.6 Å². The topological polar surface area (TPSA) is 44.8 Å². The molecule has 0 atom stereocenters. The Bertz CT molecular complexity index is 379. The molecule has 0 aliphatic carbocycles. The summed E-state index contributed by atoms with van der Waals surface area (Å²) in [5.41, 5.74) is -0.109. The van der Waals surface area contributed by atoms with Crippen molar-refractivity contribution >= 4 is 5.97 Å². The van der Waals surface area contributed by atoms with Gasteiger partial charge in [-0.05, 0) is 12.1 Å². The molecule has 0 unspecified atom stereocenters. The van der Waals surface area contributed by atoms with Gasteiger partial charge in [0.05, 0.1) is 14.2 Å². The maximum Gasteiger partial charge on any atom is 0.387 e. The van der Waals surface area contributed by atoms with Gasteiger partial charge in [-0.1, -0.05) is 6.07 Å². The van der Waals surface area contributed by atoms with Gasteiger partial charge < -0.3 is 14.2 Å². The van der Waals surface area contributed by atoms with Gasteiger partial charge in [-0.2, -0.15) is 8.78 Å². The summed E-state index contributed by atoms with van der Waals surface area (Å²) in [7, 11) is 2.43.